The second kappa shape index (κ2) is 5.11. The highest BCUT2D eigenvalue weighted by Crippen LogP contribution is 2.08. The summed E-state index contributed by atoms with van der Waals surface area (Å²) in [6.07, 6.45) is 0.578. The van der Waals surface area contributed by atoms with Crippen LogP contribution in [0.15, 0.2) is 0 Å². The summed E-state index contributed by atoms with van der Waals surface area (Å²) < 4.78 is 0. The van der Waals surface area contributed by atoms with Crippen molar-refractivity contribution in [2.45, 2.75) is 38.8 Å². The SMILES string of the molecule is CC(C)CC[C@H](O)C(N)C(N)=O. The van der Waals surface area contributed by atoms with Crippen molar-refractivity contribution in [1.82, 2.24) is 0 Å². The zero-order chi connectivity index (χ0) is 9.72. The number of hydrogen-bond acceptors (Lipinski definition) is 3. The molecule has 0 aliphatic carbocycles. The summed E-state index contributed by atoms with van der Waals surface area (Å²) >= 11 is 0. The Labute approximate surface area is 72.9 Å². The fraction of sp³-hybridized carbons (Fsp3) is 0.875. The zero-order valence-corrected chi connectivity index (χ0v) is 7.66. The molecule has 0 bridgehead atoms. The second-order valence-electron chi connectivity index (χ2n) is 3.47. The summed E-state index contributed by atoms with van der Waals surface area (Å²) in [7, 11) is 0. The van der Waals surface area contributed by atoms with Gasteiger partial charge in [0.2, 0.25) is 5.91 Å². The smallest absolute Gasteiger partial charge is 0.237 e. The van der Waals surface area contributed by atoms with E-state index in [0.717, 1.165) is 6.42 Å². The average Bonchev–Trinajstić information content (AvgIpc) is 1.98. The first-order valence-corrected chi connectivity index (χ1v) is 4.18. The summed E-state index contributed by atoms with van der Waals surface area (Å²) in [4.78, 5) is 10.5. The highest BCUT2D eigenvalue weighted by molar-refractivity contribution is 5.80. The number of nitrogens with two attached hydrogens (primary N) is 2. The number of aliphatic hydroxyl groups excluding tert-OH is 1. The van der Waals surface area contributed by atoms with Gasteiger partial charge in [-0.1, -0.05) is 13.8 Å². The molecule has 5 N–H and O–H groups in total. The molecule has 0 aliphatic rings. The topological polar surface area (TPSA) is 89.3 Å². The minimum atomic E-state index is -0.927. The van der Waals surface area contributed by atoms with Crippen molar-refractivity contribution in [3.05, 3.63) is 0 Å². The molecule has 0 aromatic heterocycles. The van der Waals surface area contributed by atoms with E-state index in [1.807, 2.05) is 13.8 Å². The Morgan fingerprint density at radius 2 is 1.92 bits per heavy atom. The van der Waals surface area contributed by atoms with Gasteiger partial charge in [-0.15, -0.1) is 0 Å². The Bertz CT molecular complexity index is 148. The summed E-state index contributed by atoms with van der Waals surface area (Å²) in [5.41, 5.74) is 10.2. The van der Waals surface area contributed by atoms with Gasteiger partial charge < -0.3 is 16.6 Å². The van der Waals surface area contributed by atoms with E-state index < -0.39 is 18.1 Å². The lowest BCUT2D eigenvalue weighted by atomic mass is 10.0. The average molecular weight is 174 g/mol. The minimum Gasteiger partial charge on any atom is -0.391 e. The van der Waals surface area contributed by atoms with Crippen molar-refractivity contribution in [3.63, 3.8) is 0 Å². The van der Waals surface area contributed by atoms with E-state index in [4.69, 9.17) is 11.5 Å². The lowest BCUT2D eigenvalue weighted by Crippen LogP contribution is -2.45. The Kier molecular flexibility index (Phi) is 4.85. The van der Waals surface area contributed by atoms with Crippen LogP contribution in [0.1, 0.15) is 26.7 Å². The predicted octanol–water partition coefficient (Wildman–Crippen LogP) is -0.404. The molecule has 0 rings (SSSR count). The standard InChI is InChI=1S/C8H18N2O2/c1-5(2)3-4-6(11)7(9)8(10)12/h5-7,11H,3-4,9H2,1-2H3,(H2,10,12)/t6-,7?/m0/s1. The summed E-state index contributed by atoms with van der Waals surface area (Å²) in [5, 5.41) is 9.31. The molecule has 0 aromatic rings. The number of rotatable bonds is 5. The normalized spacial score (nSPS) is 16.1. The van der Waals surface area contributed by atoms with Crippen molar-refractivity contribution in [1.29, 1.82) is 0 Å². The quantitative estimate of drug-likeness (QED) is 0.529. The van der Waals surface area contributed by atoms with Crippen LogP contribution in [0.2, 0.25) is 0 Å². The molecule has 0 saturated heterocycles. The Balaban J connectivity index is 3.71. The minimum absolute atomic E-state index is 0.500. The van der Waals surface area contributed by atoms with Gasteiger partial charge in [-0.3, -0.25) is 4.79 Å². The van der Waals surface area contributed by atoms with Gasteiger partial charge in [-0.25, -0.2) is 0 Å². The van der Waals surface area contributed by atoms with Gasteiger partial charge in [-0.05, 0) is 18.8 Å². The summed E-state index contributed by atoms with van der Waals surface area (Å²) in [6, 6.07) is -0.927. The highest BCUT2D eigenvalue weighted by Gasteiger charge is 2.19. The van der Waals surface area contributed by atoms with E-state index in [9.17, 15) is 9.90 Å². The molecule has 4 nitrogen and oxygen atoms in total. The number of carbonyl (C=O) groups excluding carboxylic acids is 1. The third-order valence-corrected chi connectivity index (χ3v) is 1.78. The van der Waals surface area contributed by atoms with Crippen molar-refractivity contribution in [3.8, 4) is 0 Å². The zero-order valence-electron chi connectivity index (χ0n) is 7.66. The number of primary amides is 1. The molecule has 12 heavy (non-hydrogen) atoms. The van der Waals surface area contributed by atoms with Crippen LogP contribution in [0.3, 0.4) is 0 Å². The van der Waals surface area contributed by atoms with E-state index in [0.29, 0.717) is 12.3 Å². The molecule has 2 atom stereocenters. The predicted molar refractivity (Wildman–Crippen MR) is 47.2 cm³/mol. The molecule has 1 amide bonds. The van der Waals surface area contributed by atoms with Gasteiger partial charge >= 0.3 is 0 Å². The maximum atomic E-state index is 10.5. The molecule has 1 unspecified atom stereocenters. The van der Waals surface area contributed by atoms with E-state index in [1.165, 1.54) is 0 Å². The van der Waals surface area contributed by atoms with Crippen LogP contribution in [0.5, 0.6) is 0 Å². The van der Waals surface area contributed by atoms with E-state index >= 15 is 0 Å². The van der Waals surface area contributed by atoms with Crippen molar-refractivity contribution in [2.24, 2.45) is 17.4 Å². The lowest BCUT2D eigenvalue weighted by molar-refractivity contribution is -0.121. The fourth-order valence-corrected chi connectivity index (χ4v) is 0.873. The molecule has 0 fully saturated rings. The first-order valence-electron chi connectivity index (χ1n) is 4.18. The van der Waals surface area contributed by atoms with Gasteiger partial charge in [0.1, 0.15) is 6.04 Å². The second-order valence-corrected chi connectivity index (χ2v) is 3.47. The Morgan fingerprint density at radius 3 is 2.25 bits per heavy atom. The molecule has 0 spiro atoms. The number of carbonyl (C=O) groups is 1. The molecule has 0 heterocycles. The van der Waals surface area contributed by atoms with Gasteiger partial charge in [0.15, 0.2) is 0 Å². The molecule has 72 valence electrons. The number of hydrogen-bond donors (Lipinski definition) is 3. The maximum Gasteiger partial charge on any atom is 0.237 e. The number of aliphatic hydroxyl groups is 1. The molecule has 0 aromatic carbocycles. The Hall–Kier alpha value is -0.610. The van der Waals surface area contributed by atoms with Crippen molar-refractivity contribution < 1.29 is 9.90 Å². The monoisotopic (exact) mass is 174 g/mol. The van der Waals surface area contributed by atoms with Crippen LogP contribution >= 0.6 is 0 Å². The largest absolute Gasteiger partial charge is 0.391 e. The Morgan fingerprint density at radius 1 is 1.42 bits per heavy atom. The highest BCUT2D eigenvalue weighted by atomic mass is 16.3. The first-order chi connectivity index (χ1) is 5.45. The third kappa shape index (κ3) is 4.31. The number of amides is 1. The van der Waals surface area contributed by atoms with E-state index in [-0.39, 0.29) is 0 Å². The first kappa shape index (κ1) is 11.4. The van der Waals surface area contributed by atoms with Gasteiger partial charge in [-0.2, -0.15) is 0 Å². The lowest BCUT2D eigenvalue weighted by Gasteiger charge is -2.16. The van der Waals surface area contributed by atoms with Gasteiger partial charge in [0.25, 0.3) is 0 Å². The van der Waals surface area contributed by atoms with Crippen LogP contribution in [0.4, 0.5) is 0 Å². The van der Waals surface area contributed by atoms with Crippen molar-refractivity contribution >= 4 is 5.91 Å². The van der Waals surface area contributed by atoms with Gasteiger partial charge in [0.05, 0.1) is 6.10 Å². The molecule has 0 aliphatic heterocycles. The van der Waals surface area contributed by atoms with Crippen LogP contribution in [-0.4, -0.2) is 23.2 Å². The maximum absolute atomic E-state index is 10.5. The van der Waals surface area contributed by atoms with Crippen LogP contribution in [0, 0.1) is 5.92 Å². The molecular formula is C8H18N2O2. The summed E-state index contributed by atoms with van der Waals surface area (Å²) in [6.45, 7) is 4.09. The van der Waals surface area contributed by atoms with E-state index in [1.54, 1.807) is 0 Å². The van der Waals surface area contributed by atoms with Crippen LogP contribution in [-0.2, 0) is 4.79 Å². The van der Waals surface area contributed by atoms with Crippen LogP contribution in [0.25, 0.3) is 0 Å². The van der Waals surface area contributed by atoms with Crippen LogP contribution < -0.4 is 11.5 Å². The van der Waals surface area contributed by atoms with E-state index in [2.05, 4.69) is 0 Å². The molecule has 0 saturated carbocycles. The van der Waals surface area contributed by atoms with Gasteiger partial charge in [0, 0.05) is 0 Å². The van der Waals surface area contributed by atoms with Crippen molar-refractivity contribution in [2.75, 3.05) is 0 Å². The molecular weight excluding hydrogens is 156 g/mol. The molecule has 4 heteroatoms. The molecule has 0 radical (unpaired) electrons. The third-order valence-electron chi connectivity index (χ3n) is 1.78. The fourth-order valence-electron chi connectivity index (χ4n) is 0.873. The summed E-state index contributed by atoms with van der Waals surface area (Å²) in [5.74, 6) is -0.147.